The first kappa shape index (κ1) is 11.7. The molecule has 0 aromatic heterocycles. The van der Waals surface area contributed by atoms with Gasteiger partial charge in [0.25, 0.3) is 0 Å². The third-order valence-corrected chi connectivity index (χ3v) is 4.07. The van der Waals surface area contributed by atoms with Gasteiger partial charge < -0.3 is 5.11 Å². The third kappa shape index (κ3) is 2.82. The Labute approximate surface area is 99.6 Å². The average Bonchev–Trinajstić information content (AvgIpc) is 2.08. The largest absolute Gasteiger partial charge is 0.481 e. The van der Waals surface area contributed by atoms with E-state index in [9.17, 15) is 4.79 Å². The average molecular weight is 322 g/mol. The van der Waals surface area contributed by atoms with E-state index in [-0.39, 0.29) is 12.3 Å². The SMILES string of the molecule is CC(CC(=O)O)c1cccc(Br)c1Br. The standard InChI is InChI=1S/C10H10Br2O2/c1-6(5-9(13)14)7-3-2-4-8(11)10(7)12/h2-4,6H,5H2,1H3,(H,13,14). The summed E-state index contributed by atoms with van der Waals surface area (Å²) in [6.07, 6.45) is 0.148. The molecule has 76 valence electrons. The van der Waals surface area contributed by atoms with Gasteiger partial charge in [-0.25, -0.2) is 0 Å². The zero-order valence-corrected chi connectivity index (χ0v) is 10.8. The zero-order chi connectivity index (χ0) is 10.7. The van der Waals surface area contributed by atoms with Crippen molar-refractivity contribution in [2.75, 3.05) is 0 Å². The normalized spacial score (nSPS) is 12.5. The van der Waals surface area contributed by atoms with Crippen molar-refractivity contribution in [3.8, 4) is 0 Å². The van der Waals surface area contributed by atoms with Crippen molar-refractivity contribution in [1.29, 1.82) is 0 Å². The predicted molar refractivity (Wildman–Crippen MR) is 62.5 cm³/mol. The first-order valence-corrected chi connectivity index (χ1v) is 5.76. The maximum absolute atomic E-state index is 10.6. The van der Waals surface area contributed by atoms with Gasteiger partial charge >= 0.3 is 5.97 Å². The number of hydrogen-bond acceptors (Lipinski definition) is 1. The van der Waals surface area contributed by atoms with Gasteiger partial charge in [0, 0.05) is 8.95 Å². The second-order valence-electron chi connectivity index (χ2n) is 3.14. The highest BCUT2D eigenvalue weighted by molar-refractivity contribution is 9.13. The summed E-state index contributed by atoms with van der Waals surface area (Å²) in [5, 5.41) is 8.68. The zero-order valence-electron chi connectivity index (χ0n) is 7.63. The number of halogens is 2. The fourth-order valence-electron chi connectivity index (χ4n) is 1.27. The van der Waals surface area contributed by atoms with Crippen LogP contribution in [-0.2, 0) is 4.79 Å². The smallest absolute Gasteiger partial charge is 0.303 e. The van der Waals surface area contributed by atoms with E-state index in [4.69, 9.17) is 5.11 Å². The molecule has 1 atom stereocenters. The number of rotatable bonds is 3. The summed E-state index contributed by atoms with van der Waals surface area (Å²) in [4.78, 5) is 10.6. The van der Waals surface area contributed by atoms with Crippen LogP contribution >= 0.6 is 31.9 Å². The molecule has 0 heterocycles. The topological polar surface area (TPSA) is 37.3 Å². The van der Waals surface area contributed by atoms with E-state index < -0.39 is 5.97 Å². The number of aliphatic carboxylic acids is 1. The molecule has 1 N–H and O–H groups in total. The lowest BCUT2D eigenvalue weighted by atomic mass is 9.98. The van der Waals surface area contributed by atoms with E-state index in [1.165, 1.54) is 0 Å². The minimum Gasteiger partial charge on any atom is -0.481 e. The highest BCUT2D eigenvalue weighted by Crippen LogP contribution is 2.32. The fraction of sp³-hybridized carbons (Fsp3) is 0.300. The molecule has 1 aromatic carbocycles. The van der Waals surface area contributed by atoms with E-state index in [1.54, 1.807) is 0 Å². The Bertz CT molecular complexity index is 350. The van der Waals surface area contributed by atoms with Crippen molar-refractivity contribution in [2.24, 2.45) is 0 Å². The van der Waals surface area contributed by atoms with E-state index in [0.29, 0.717) is 0 Å². The van der Waals surface area contributed by atoms with Gasteiger partial charge in [-0.2, -0.15) is 0 Å². The highest BCUT2D eigenvalue weighted by atomic mass is 79.9. The molecule has 0 saturated carbocycles. The van der Waals surface area contributed by atoms with Gasteiger partial charge in [-0.05, 0) is 49.4 Å². The van der Waals surface area contributed by atoms with E-state index in [0.717, 1.165) is 14.5 Å². The second kappa shape index (κ2) is 4.94. The van der Waals surface area contributed by atoms with Crippen LogP contribution in [0.3, 0.4) is 0 Å². The van der Waals surface area contributed by atoms with E-state index in [2.05, 4.69) is 31.9 Å². The van der Waals surface area contributed by atoms with Crippen LogP contribution in [0.25, 0.3) is 0 Å². The third-order valence-electron chi connectivity index (χ3n) is 1.99. The van der Waals surface area contributed by atoms with Crippen molar-refractivity contribution in [1.82, 2.24) is 0 Å². The van der Waals surface area contributed by atoms with Crippen molar-refractivity contribution in [3.63, 3.8) is 0 Å². The van der Waals surface area contributed by atoms with Crippen LogP contribution in [0, 0.1) is 0 Å². The summed E-state index contributed by atoms with van der Waals surface area (Å²) < 4.78 is 1.89. The molecular formula is C10H10Br2O2. The molecule has 1 rings (SSSR count). The quantitative estimate of drug-likeness (QED) is 0.919. The van der Waals surface area contributed by atoms with Crippen LogP contribution in [-0.4, -0.2) is 11.1 Å². The minimum atomic E-state index is -0.774. The molecule has 1 unspecified atom stereocenters. The predicted octanol–water partition coefficient (Wildman–Crippen LogP) is 3.79. The molecule has 0 aliphatic rings. The number of carboxylic acids is 1. The molecule has 0 radical (unpaired) electrons. The molecule has 0 bridgehead atoms. The molecule has 0 fully saturated rings. The lowest BCUT2D eigenvalue weighted by Gasteiger charge is -2.12. The minimum absolute atomic E-state index is 0.0133. The number of carboxylic acid groups (broad SMARTS) is 1. The van der Waals surface area contributed by atoms with Crippen molar-refractivity contribution in [3.05, 3.63) is 32.7 Å². The second-order valence-corrected chi connectivity index (χ2v) is 4.79. The highest BCUT2D eigenvalue weighted by Gasteiger charge is 2.14. The molecule has 2 nitrogen and oxygen atoms in total. The van der Waals surface area contributed by atoms with Gasteiger partial charge in [-0.15, -0.1) is 0 Å². The number of benzene rings is 1. The van der Waals surface area contributed by atoms with Gasteiger partial charge in [0.1, 0.15) is 0 Å². The molecule has 0 spiro atoms. The Morgan fingerprint density at radius 3 is 2.71 bits per heavy atom. The monoisotopic (exact) mass is 320 g/mol. The lowest BCUT2D eigenvalue weighted by Crippen LogP contribution is -2.03. The van der Waals surface area contributed by atoms with E-state index in [1.807, 2.05) is 25.1 Å². The summed E-state index contributed by atoms with van der Waals surface area (Å²) in [5.74, 6) is -0.760. The molecular weight excluding hydrogens is 312 g/mol. The van der Waals surface area contributed by atoms with Crippen LogP contribution in [0.5, 0.6) is 0 Å². The Morgan fingerprint density at radius 1 is 1.50 bits per heavy atom. The molecule has 0 saturated heterocycles. The summed E-state index contributed by atoms with van der Waals surface area (Å²) in [7, 11) is 0. The van der Waals surface area contributed by atoms with Crippen LogP contribution in [0.2, 0.25) is 0 Å². The number of hydrogen-bond donors (Lipinski definition) is 1. The summed E-state index contributed by atoms with van der Waals surface area (Å²) in [5.41, 5.74) is 1.02. The fourth-order valence-corrected chi connectivity index (χ4v) is 2.31. The Hall–Kier alpha value is -0.350. The van der Waals surface area contributed by atoms with Crippen LogP contribution in [0.1, 0.15) is 24.8 Å². The number of carbonyl (C=O) groups is 1. The molecule has 0 aliphatic carbocycles. The van der Waals surface area contributed by atoms with Crippen LogP contribution < -0.4 is 0 Å². The Kier molecular flexibility index (Phi) is 4.13. The van der Waals surface area contributed by atoms with Gasteiger partial charge in [-0.1, -0.05) is 19.1 Å². The first-order valence-electron chi connectivity index (χ1n) is 4.18. The van der Waals surface area contributed by atoms with Crippen LogP contribution in [0.4, 0.5) is 0 Å². The first-order chi connectivity index (χ1) is 6.52. The van der Waals surface area contributed by atoms with Crippen LogP contribution in [0.15, 0.2) is 27.1 Å². The Morgan fingerprint density at radius 2 is 2.14 bits per heavy atom. The summed E-state index contributed by atoms with van der Waals surface area (Å²) >= 11 is 6.82. The van der Waals surface area contributed by atoms with Crippen molar-refractivity contribution >= 4 is 37.8 Å². The van der Waals surface area contributed by atoms with Gasteiger partial charge in [0.2, 0.25) is 0 Å². The van der Waals surface area contributed by atoms with Crippen molar-refractivity contribution < 1.29 is 9.90 Å². The summed E-state index contributed by atoms with van der Waals surface area (Å²) in [6.45, 7) is 1.90. The van der Waals surface area contributed by atoms with Gasteiger partial charge in [0.05, 0.1) is 6.42 Å². The van der Waals surface area contributed by atoms with Crippen molar-refractivity contribution in [2.45, 2.75) is 19.3 Å². The molecule has 1 aromatic rings. The Balaban J connectivity index is 2.95. The lowest BCUT2D eigenvalue weighted by molar-refractivity contribution is -0.137. The van der Waals surface area contributed by atoms with E-state index >= 15 is 0 Å². The molecule has 0 aliphatic heterocycles. The van der Waals surface area contributed by atoms with Gasteiger partial charge in [0.15, 0.2) is 0 Å². The maximum atomic E-state index is 10.6. The molecule has 4 heteroatoms. The molecule has 14 heavy (non-hydrogen) atoms. The van der Waals surface area contributed by atoms with Gasteiger partial charge in [-0.3, -0.25) is 4.79 Å². The summed E-state index contributed by atoms with van der Waals surface area (Å²) in [6, 6.07) is 5.76. The maximum Gasteiger partial charge on any atom is 0.303 e. The molecule has 0 amide bonds.